The van der Waals surface area contributed by atoms with Gasteiger partial charge in [-0.2, -0.15) is 0 Å². The molecule has 2 aromatic rings. The zero-order valence-corrected chi connectivity index (χ0v) is 8.79. The van der Waals surface area contributed by atoms with Gasteiger partial charge in [0, 0.05) is 6.20 Å². The van der Waals surface area contributed by atoms with Crippen LogP contribution >= 0.6 is 0 Å². The Morgan fingerprint density at radius 3 is 2.44 bits per heavy atom. The van der Waals surface area contributed by atoms with Gasteiger partial charge in [-0.25, -0.2) is 28.2 Å². The molecule has 2 aromatic heterocycles. The van der Waals surface area contributed by atoms with Crippen molar-refractivity contribution < 1.29 is 8.42 Å². The number of nitrogens with zero attached hydrogens (tertiary/aromatic N) is 4. The molecule has 0 aromatic carbocycles. The fourth-order valence-electron chi connectivity index (χ4n) is 1.06. The zero-order chi connectivity index (χ0) is 11.8. The molecule has 2 heterocycles. The number of hydrogen-bond donors (Lipinski definition) is 2. The molecule has 0 unspecified atom stereocenters. The second-order valence-electron chi connectivity index (χ2n) is 2.94. The molecule has 0 atom stereocenters. The van der Waals surface area contributed by atoms with Gasteiger partial charge in [-0.05, 0) is 12.1 Å². The average molecular weight is 240 g/mol. The van der Waals surface area contributed by atoms with Gasteiger partial charge >= 0.3 is 0 Å². The monoisotopic (exact) mass is 240 g/mol. The van der Waals surface area contributed by atoms with E-state index in [0.717, 1.165) is 6.20 Å². The lowest BCUT2D eigenvalue weighted by atomic mass is 10.5. The highest BCUT2D eigenvalue weighted by Crippen LogP contribution is 2.08. The van der Waals surface area contributed by atoms with Crippen molar-refractivity contribution in [2.24, 2.45) is 5.14 Å². The van der Waals surface area contributed by atoms with Crippen molar-refractivity contribution in [3.05, 3.63) is 24.7 Å². The van der Waals surface area contributed by atoms with Crippen LogP contribution in [0.15, 0.2) is 29.6 Å². The molecule has 0 radical (unpaired) electrons. The number of sulfonamides is 1. The number of primary sulfonamides is 1. The fourth-order valence-corrected chi connectivity index (χ4v) is 1.52. The van der Waals surface area contributed by atoms with Crippen LogP contribution in [0.3, 0.4) is 0 Å². The fraction of sp³-hybridized carbons (Fsp3) is 0. The van der Waals surface area contributed by atoms with Gasteiger partial charge in [-0.3, -0.25) is 0 Å². The minimum Gasteiger partial charge on any atom is -0.366 e. The predicted molar refractivity (Wildman–Crippen MR) is 54.9 cm³/mol. The first kappa shape index (κ1) is 10.5. The maximum atomic E-state index is 11.0. The van der Waals surface area contributed by atoms with Crippen LogP contribution in [0.25, 0.3) is 5.82 Å². The van der Waals surface area contributed by atoms with Crippen LogP contribution < -0.4 is 10.9 Å². The van der Waals surface area contributed by atoms with Gasteiger partial charge in [0.15, 0.2) is 5.82 Å². The van der Waals surface area contributed by atoms with Crippen LogP contribution in [-0.2, 0) is 10.0 Å². The van der Waals surface area contributed by atoms with E-state index >= 15 is 0 Å². The quantitative estimate of drug-likeness (QED) is 0.684. The number of hydrogen-bond acceptors (Lipinski definition) is 6. The summed E-state index contributed by atoms with van der Waals surface area (Å²) >= 11 is 0. The van der Waals surface area contributed by atoms with Crippen molar-refractivity contribution in [3.63, 3.8) is 0 Å². The maximum Gasteiger partial charge on any atom is 0.239 e. The molecule has 8 nitrogen and oxygen atoms in total. The van der Waals surface area contributed by atoms with Gasteiger partial charge < -0.3 is 5.73 Å². The first-order chi connectivity index (χ1) is 7.47. The molecule has 0 saturated heterocycles. The first-order valence-corrected chi connectivity index (χ1v) is 5.68. The highest BCUT2D eigenvalue weighted by molar-refractivity contribution is 7.89. The van der Waals surface area contributed by atoms with Gasteiger partial charge in [0.25, 0.3) is 0 Å². The lowest BCUT2D eigenvalue weighted by Crippen LogP contribution is -2.12. The van der Waals surface area contributed by atoms with Crippen LogP contribution in [0, 0.1) is 0 Å². The van der Waals surface area contributed by atoms with Gasteiger partial charge in [0.1, 0.15) is 11.2 Å². The number of nitrogens with two attached hydrogens (primary N) is 2. The Hall–Kier alpha value is -2.00. The smallest absolute Gasteiger partial charge is 0.239 e. The van der Waals surface area contributed by atoms with Crippen molar-refractivity contribution in [2.75, 3.05) is 5.73 Å². The molecule has 4 N–H and O–H groups in total. The van der Waals surface area contributed by atoms with Gasteiger partial charge in [-0.15, -0.1) is 5.10 Å². The van der Waals surface area contributed by atoms with Crippen LogP contribution in [0.2, 0.25) is 0 Å². The minimum atomic E-state index is -3.73. The molecule has 84 valence electrons. The third-order valence-electron chi connectivity index (χ3n) is 1.79. The second-order valence-corrected chi connectivity index (χ2v) is 4.51. The summed E-state index contributed by atoms with van der Waals surface area (Å²) in [5.74, 6) is 0.508. The Balaban J connectivity index is 2.40. The third-order valence-corrected chi connectivity index (χ3v) is 2.69. The van der Waals surface area contributed by atoms with E-state index in [4.69, 9.17) is 10.9 Å². The van der Waals surface area contributed by atoms with E-state index in [1.165, 1.54) is 23.1 Å². The van der Waals surface area contributed by atoms with Crippen LogP contribution in [0.5, 0.6) is 0 Å². The summed E-state index contributed by atoms with van der Waals surface area (Å²) in [6, 6.07) is 2.78. The molecule has 0 amide bonds. The highest BCUT2D eigenvalue weighted by Gasteiger charge is 2.08. The van der Waals surface area contributed by atoms with Gasteiger partial charge in [0.2, 0.25) is 16.0 Å². The number of nitrogen functional groups attached to an aromatic ring is 1. The van der Waals surface area contributed by atoms with E-state index in [0.29, 0.717) is 5.82 Å². The van der Waals surface area contributed by atoms with Crippen LogP contribution in [-0.4, -0.2) is 28.2 Å². The van der Waals surface area contributed by atoms with Crippen molar-refractivity contribution in [2.45, 2.75) is 4.90 Å². The van der Waals surface area contributed by atoms with E-state index in [1.807, 2.05) is 0 Å². The van der Waals surface area contributed by atoms with E-state index in [9.17, 15) is 8.42 Å². The van der Waals surface area contributed by atoms with Crippen molar-refractivity contribution >= 4 is 16.0 Å². The molecule has 9 heteroatoms. The largest absolute Gasteiger partial charge is 0.366 e. The summed E-state index contributed by atoms with van der Waals surface area (Å²) < 4.78 is 23.3. The zero-order valence-electron chi connectivity index (χ0n) is 7.98. The van der Waals surface area contributed by atoms with Gasteiger partial charge in [-0.1, -0.05) is 0 Å². The molecule has 0 aliphatic rings. The topological polar surface area (TPSA) is 130 Å². The maximum absolute atomic E-state index is 11.0. The van der Waals surface area contributed by atoms with Gasteiger partial charge in [0.05, 0.1) is 0 Å². The molecular formula is C7H8N6O2S. The normalized spacial score (nSPS) is 11.6. The molecule has 0 saturated carbocycles. The van der Waals surface area contributed by atoms with Crippen molar-refractivity contribution in [3.8, 4) is 5.82 Å². The Kier molecular flexibility index (Phi) is 2.33. The second kappa shape index (κ2) is 3.54. The number of pyridine rings is 1. The summed E-state index contributed by atoms with van der Waals surface area (Å²) in [5, 5.41) is 8.74. The Morgan fingerprint density at radius 1 is 1.25 bits per heavy atom. The molecule has 0 spiro atoms. The van der Waals surface area contributed by atoms with Crippen LogP contribution in [0.4, 0.5) is 5.95 Å². The average Bonchev–Trinajstić information content (AvgIpc) is 2.64. The van der Waals surface area contributed by atoms with Crippen molar-refractivity contribution in [1.82, 2.24) is 19.7 Å². The Morgan fingerprint density at radius 2 is 2.00 bits per heavy atom. The van der Waals surface area contributed by atoms with E-state index < -0.39 is 10.0 Å². The lowest BCUT2D eigenvalue weighted by molar-refractivity contribution is 0.597. The van der Waals surface area contributed by atoms with E-state index in [-0.39, 0.29) is 10.8 Å². The van der Waals surface area contributed by atoms with Crippen molar-refractivity contribution in [1.29, 1.82) is 0 Å². The summed E-state index contributed by atoms with van der Waals surface area (Å²) in [6.45, 7) is 0. The summed E-state index contributed by atoms with van der Waals surface area (Å²) in [5.41, 5.74) is 5.33. The third kappa shape index (κ3) is 1.99. The minimum absolute atomic E-state index is 0.0654. The highest BCUT2D eigenvalue weighted by atomic mass is 32.2. The SMILES string of the molecule is Nc1ncn(-c2ccc(S(N)(=O)=O)cn2)n1. The van der Waals surface area contributed by atoms with Crippen LogP contribution in [0.1, 0.15) is 0 Å². The Bertz CT molecular complexity index is 602. The number of rotatable bonds is 2. The standard InChI is InChI=1S/C7H8N6O2S/c8-7-11-4-13(12-7)6-2-1-5(3-10-6)16(9,14)15/h1-4H,(H2,8,12)(H2,9,14,15). The molecule has 2 rings (SSSR count). The summed E-state index contributed by atoms with van der Waals surface area (Å²) in [4.78, 5) is 7.52. The number of aromatic nitrogens is 4. The Labute approximate surface area is 91.0 Å². The molecule has 0 aliphatic carbocycles. The van der Waals surface area contributed by atoms with E-state index in [2.05, 4.69) is 15.1 Å². The molecule has 0 fully saturated rings. The first-order valence-electron chi connectivity index (χ1n) is 4.13. The van der Waals surface area contributed by atoms with E-state index in [1.54, 1.807) is 0 Å². The molecular weight excluding hydrogens is 232 g/mol. The summed E-state index contributed by atoms with van der Waals surface area (Å²) in [6.07, 6.45) is 2.51. The number of anilines is 1. The lowest BCUT2D eigenvalue weighted by Gasteiger charge is -2.00. The summed E-state index contributed by atoms with van der Waals surface area (Å²) in [7, 11) is -3.73. The predicted octanol–water partition coefficient (Wildman–Crippen LogP) is -1.11. The molecule has 16 heavy (non-hydrogen) atoms. The molecule has 0 bridgehead atoms. The molecule has 0 aliphatic heterocycles.